The number of nitrogens with zero attached hydrogens (tertiary/aromatic N) is 3. The van der Waals surface area contributed by atoms with E-state index >= 15 is 0 Å². The van der Waals surface area contributed by atoms with Crippen LogP contribution in [0.2, 0.25) is 5.02 Å². The van der Waals surface area contributed by atoms with E-state index < -0.39 is 0 Å². The molecular weight excluding hydrogens is 528 g/mol. The minimum absolute atomic E-state index is 0.0263. The van der Waals surface area contributed by atoms with Gasteiger partial charge in [-0.3, -0.25) is 14.4 Å². The van der Waals surface area contributed by atoms with Gasteiger partial charge in [0.05, 0.1) is 23.3 Å². The van der Waals surface area contributed by atoms with Gasteiger partial charge in [-0.15, -0.1) is 0 Å². The lowest BCUT2D eigenvalue weighted by molar-refractivity contribution is 0.0760. The molecule has 4 rings (SSSR count). The van der Waals surface area contributed by atoms with E-state index in [0.29, 0.717) is 72.4 Å². The summed E-state index contributed by atoms with van der Waals surface area (Å²) in [6.45, 7) is 7.42. The van der Waals surface area contributed by atoms with Gasteiger partial charge in [0.25, 0.3) is 17.7 Å². The number of carbonyl (C=O) groups is 3. The van der Waals surface area contributed by atoms with Crippen molar-refractivity contribution in [2.24, 2.45) is 0 Å². The van der Waals surface area contributed by atoms with Gasteiger partial charge < -0.3 is 24.8 Å². The van der Waals surface area contributed by atoms with Crippen LogP contribution < -0.4 is 15.0 Å². The molecule has 210 valence electrons. The van der Waals surface area contributed by atoms with Gasteiger partial charge in [0.2, 0.25) is 0 Å². The molecule has 1 fully saturated rings. The van der Waals surface area contributed by atoms with E-state index in [-0.39, 0.29) is 17.7 Å². The van der Waals surface area contributed by atoms with Crippen molar-refractivity contribution < 1.29 is 19.1 Å². The lowest BCUT2D eigenvalue weighted by atomic mass is 10.1. The van der Waals surface area contributed by atoms with Crippen LogP contribution in [0.15, 0.2) is 66.7 Å². The Labute approximate surface area is 240 Å². The molecule has 0 radical (unpaired) electrons. The van der Waals surface area contributed by atoms with Crippen molar-refractivity contribution in [1.82, 2.24) is 9.80 Å². The van der Waals surface area contributed by atoms with E-state index in [1.165, 1.54) is 0 Å². The molecule has 0 atom stereocenters. The van der Waals surface area contributed by atoms with E-state index in [0.717, 1.165) is 12.1 Å². The molecule has 0 aliphatic carbocycles. The van der Waals surface area contributed by atoms with Gasteiger partial charge in [-0.25, -0.2) is 0 Å². The lowest BCUT2D eigenvalue weighted by Gasteiger charge is -2.28. The van der Waals surface area contributed by atoms with Crippen molar-refractivity contribution in [2.75, 3.05) is 56.6 Å². The summed E-state index contributed by atoms with van der Waals surface area (Å²) in [6, 6.07) is 19.4. The predicted octanol–water partition coefficient (Wildman–Crippen LogP) is 5.44. The lowest BCUT2D eigenvalue weighted by Crippen LogP contribution is -2.36. The molecule has 40 heavy (non-hydrogen) atoms. The van der Waals surface area contributed by atoms with Crippen molar-refractivity contribution in [2.45, 2.75) is 20.3 Å². The standard InChI is InChI=1S/C31H35ClN4O4/c1-4-34(5-2)31(39)26-21-23(33-29(37)25-9-6-7-10-27(25)32)13-16-28(26)35-17-8-18-36(20-19-35)30(38)22-11-14-24(40-3)15-12-22/h6-7,9-16,21H,4-5,8,17-20H2,1-3H3,(H,33,37). The molecule has 1 heterocycles. The van der Waals surface area contributed by atoms with Crippen LogP contribution in [0.4, 0.5) is 11.4 Å². The van der Waals surface area contributed by atoms with Crippen molar-refractivity contribution >= 4 is 40.7 Å². The molecule has 0 unspecified atom stereocenters. The highest BCUT2D eigenvalue weighted by Crippen LogP contribution is 2.28. The Morgan fingerprint density at radius 3 is 2.30 bits per heavy atom. The Hall–Kier alpha value is -4.04. The normalized spacial score (nSPS) is 13.4. The third kappa shape index (κ3) is 6.57. The quantitative estimate of drug-likeness (QED) is 0.395. The molecule has 1 saturated heterocycles. The van der Waals surface area contributed by atoms with Crippen molar-refractivity contribution in [3.63, 3.8) is 0 Å². The summed E-state index contributed by atoms with van der Waals surface area (Å²) in [6.07, 6.45) is 0.756. The molecule has 3 aromatic rings. The second-order valence-electron chi connectivity index (χ2n) is 9.50. The Bertz CT molecular complexity index is 1360. The third-order valence-electron chi connectivity index (χ3n) is 7.11. The smallest absolute Gasteiger partial charge is 0.257 e. The number of methoxy groups -OCH3 is 1. The number of anilines is 2. The van der Waals surface area contributed by atoms with Gasteiger partial charge in [0.1, 0.15) is 5.75 Å². The van der Waals surface area contributed by atoms with Crippen LogP contribution in [0.3, 0.4) is 0 Å². The van der Waals surface area contributed by atoms with Crippen LogP contribution in [0.1, 0.15) is 51.3 Å². The van der Waals surface area contributed by atoms with E-state index in [2.05, 4.69) is 10.2 Å². The van der Waals surface area contributed by atoms with Crippen molar-refractivity contribution in [3.8, 4) is 5.75 Å². The first-order chi connectivity index (χ1) is 19.4. The van der Waals surface area contributed by atoms with Crippen LogP contribution in [0, 0.1) is 0 Å². The summed E-state index contributed by atoms with van der Waals surface area (Å²) in [5.41, 5.74) is 2.78. The molecule has 3 amide bonds. The number of amides is 3. The van der Waals surface area contributed by atoms with Gasteiger partial charge >= 0.3 is 0 Å². The number of carbonyl (C=O) groups excluding carboxylic acids is 3. The summed E-state index contributed by atoms with van der Waals surface area (Å²) >= 11 is 6.21. The highest BCUT2D eigenvalue weighted by atomic mass is 35.5. The fourth-order valence-electron chi connectivity index (χ4n) is 4.86. The van der Waals surface area contributed by atoms with Crippen molar-refractivity contribution in [3.05, 3.63) is 88.4 Å². The molecule has 3 aromatic carbocycles. The summed E-state index contributed by atoms with van der Waals surface area (Å²) in [5.74, 6) is 0.225. The maximum Gasteiger partial charge on any atom is 0.257 e. The van der Waals surface area contributed by atoms with E-state index in [4.69, 9.17) is 16.3 Å². The highest BCUT2D eigenvalue weighted by Gasteiger charge is 2.25. The highest BCUT2D eigenvalue weighted by molar-refractivity contribution is 6.34. The Balaban J connectivity index is 1.57. The molecule has 1 aliphatic rings. The average molecular weight is 563 g/mol. The molecule has 0 aromatic heterocycles. The SMILES string of the molecule is CCN(CC)C(=O)c1cc(NC(=O)c2ccccc2Cl)ccc1N1CCCN(C(=O)c2ccc(OC)cc2)CC1. The average Bonchev–Trinajstić information content (AvgIpc) is 3.24. The first-order valence-electron chi connectivity index (χ1n) is 13.5. The summed E-state index contributed by atoms with van der Waals surface area (Å²) in [7, 11) is 1.60. The molecule has 0 saturated carbocycles. The number of hydrogen-bond acceptors (Lipinski definition) is 5. The van der Waals surface area contributed by atoms with Crippen LogP contribution in [-0.4, -0.2) is 73.9 Å². The van der Waals surface area contributed by atoms with E-state index in [1.54, 1.807) is 72.7 Å². The largest absolute Gasteiger partial charge is 0.497 e. The molecule has 8 nitrogen and oxygen atoms in total. The fourth-order valence-corrected chi connectivity index (χ4v) is 5.08. The van der Waals surface area contributed by atoms with Gasteiger partial charge in [-0.1, -0.05) is 23.7 Å². The Kier molecular flexibility index (Phi) is 9.66. The minimum Gasteiger partial charge on any atom is -0.497 e. The van der Waals surface area contributed by atoms with Crippen LogP contribution >= 0.6 is 11.6 Å². The predicted molar refractivity (Wildman–Crippen MR) is 159 cm³/mol. The number of rotatable bonds is 8. The maximum absolute atomic E-state index is 13.6. The molecule has 0 bridgehead atoms. The number of nitrogens with one attached hydrogen (secondary N) is 1. The first-order valence-corrected chi connectivity index (χ1v) is 13.9. The van der Waals surface area contributed by atoms with Crippen molar-refractivity contribution in [1.29, 1.82) is 0 Å². The molecule has 9 heteroatoms. The third-order valence-corrected chi connectivity index (χ3v) is 7.44. The number of halogens is 1. The van der Waals surface area contributed by atoms with Crippen LogP contribution in [0.5, 0.6) is 5.75 Å². The fraction of sp³-hybridized carbons (Fsp3) is 0.323. The van der Waals surface area contributed by atoms with E-state index in [1.807, 2.05) is 24.8 Å². The second kappa shape index (κ2) is 13.3. The maximum atomic E-state index is 13.6. The zero-order valence-electron chi connectivity index (χ0n) is 23.2. The van der Waals surface area contributed by atoms with Crippen LogP contribution in [0.25, 0.3) is 0 Å². The molecule has 1 N–H and O–H groups in total. The molecule has 0 spiro atoms. The number of ether oxygens (including phenoxy) is 1. The van der Waals surface area contributed by atoms with E-state index in [9.17, 15) is 14.4 Å². The van der Waals surface area contributed by atoms with Crippen LogP contribution in [-0.2, 0) is 0 Å². The zero-order valence-corrected chi connectivity index (χ0v) is 23.9. The Morgan fingerprint density at radius 1 is 0.900 bits per heavy atom. The monoisotopic (exact) mass is 562 g/mol. The number of hydrogen-bond donors (Lipinski definition) is 1. The molecular formula is C31H35ClN4O4. The van der Waals surface area contributed by atoms with Gasteiger partial charge in [0, 0.05) is 56.2 Å². The Morgan fingerprint density at radius 2 is 1.62 bits per heavy atom. The number of benzene rings is 3. The van der Waals surface area contributed by atoms with Gasteiger partial charge in [0.15, 0.2) is 0 Å². The minimum atomic E-state index is -0.345. The summed E-state index contributed by atoms with van der Waals surface area (Å²) in [5, 5.41) is 3.24. The van der Waals surface area contributed by atoms with Gasteiger partial charge in [-0.05, 0) is 74.9 Å². The zero-order chi connectivity index (χ0) is 28.6. The first kappa shape index (κ1) is 29.0. The molecule has 1 aliphatic heterocycles. The summed E-state index contributed by atoms with van der Waals surface area (Å²) < 4.78 is 5.21. The second-order valence-corrected chi connectivity index (χ2v) is 9.91. The topological polar surface area (TPSA) is 82.2 Å². The summed E-state index contributed by atoms with van der Waals surface area (Å²) in [4.78, 5) is 45.5. The van der Waals surface area contributed by atoms with Gasteiger partial charge in [-0.2, -0.15) is 0 Å².